The van der Waals surface area contributed by atoms with E-state index in [0.29, 0.717) is 11.7 Å². The zero-order chi connectivity index (χ0) is 14.9. The molecule has 0 saturated heterocycles. The Morgan fingerprint density at radius 3 is 2.55 bits per heavy atom. The van der Waals surface area contributed by atoms with Gasteiger partial charge in [-0.3, -0.25) is 0 Å². The number of pyridine rings is 1. The number of alkyl halides is 3. The zero-order valence-corrected chi connectivity index (χ0v) is 10.8. The van der Waals surface area contributed by atoms with Crippen molar-refractivity contribution in [2.24, 2.45) is 0 Å². The number of nitrogens with zero attached hydrogens (tertiary/aromatic N) is 2. The maximum Gasteiger partial charge on any atom is 0.433 e. The third kappa shape index (κ3) is 3.01. The van der Waals surface area contributed by atoms with E-state index < -0.39 is 17.9 Å². The fraction of sp³-hybridized carbons (Fsp3) is 0.333. The number of aryl methyl sites for hydroxylation is 1. The van der Waals surface area contributed by atoms with E-state index >= 15 is 0 Å². The molecule has 0 aliphatic carbocycles. The Morgan fingerprint density at radius 1 is 1.30 bits per heavy atom. The summed E-state index contributed by atoms with van der Waals surface area (Å²) in [6.07, 6.45) is -2.02. The first-order valence-corrected chi connectivity index (χ1v) is 5.79. The number of anilines is 2. The third-order valence-electron chi connectivity index (χ3n) is 2.61. The maximum absolute atomic E-state index is 12.6. The van der Waals surface area contributed by atoms with Gasteiger partial charge in [0.2, 0.25) is 5.89 Å². The van der Waals surface area contributed by atoms with E-state index in [1.807, 2.05) is 0 Å². The molecule has 2 aromatic rings. The second kappa shape index (κ2) is 5.03. The molecule has 0 aliphatic heterocycles. The second-order valence-electron chi connectivity index (χ2n) is 4.33. The summed E-state index contributed by atoms with van der Waals surface area (Å²) in [6, 6.07) is 0.441. The van der Waals surface area contributed by atoms with Gasteiger partial charge in [-0.1, -0.05) is 0 Å². The maximum atomic E-state index is 12.6. The van der Waals surface area contributed by atoms with Gasteiger partial charge < -0.3 is 15.5 Å². The lowest BCUT2D eigenvalue weighted by Gasteiger charge is -2.15. The van der Waals surface area contributed by atoms with Crippen molar-refractivity contribution in [1.82, 2.24) is 9.97 Å². The Hall–Kier alpha value is -2.25. The number of aromatic nitrogens is 2. The molecule has 0 radical (unpaired) electrons. The van der Waals surface area contributed by atoms with Crippen molar-refractivity contribution in [2.75, 3.05) is 11.1 Å². The number of hydrogen-bond acceptors (Lipinski definition) is 5. The van der Waals surface area contributed by atoms with Crippen LogP contribution < -0.4 is 11.1 Å². The fourth-order valence-corrected chi connectivity index (χ4v) is 1.61. The highest BCUT2D eigenvalue weighted by molar-refractivity contribution is 5.65. The van der Waals surface area contributed by atoms with E-state index in [-0.39, 0.29) is 11.4 Å². The van der Waals surface area contributed by atoms with Gasteiger partial charge in [-0.2, -0.15) is 13.2 Å². The van der Waals surface area contributed by atoms with Crippen LogP contribution in [0.5, 0.6) is 0 Å². The van der Waals surface area contributed by atoms with Gasteiger partial charge >= 0.3 is 6.18 Å². The number of nitrogens with two attached hydrogens (primary N) is 1. The van der Waals surface area contributed by atoms with E-state index in [1.54, 1.807) is 13.8 Å². The number of nitrogen functional groups attached to an aromatic ring is 1. The molecule has 20 heavy (non-hydrogen) atoms. The van der Waals surface area contributed by atoms with Crippen LogP contribution in [0.2, 0.25) is 0 Å². The van der Waals surface area contributed by atoms with Crippen LogP contribution in [-0.2, 0) is 6.18 Å². The van der Waals surface area contributed by atoms with Crippen LogP contribution in [0.1, 0.15) is 30.3 Å². The van der Waals surface area contributed by atoms with E-state index in [1.165, 1.54) is 6.20 Å². The van der Waals surface area contributed by atoms with E-state index in [0.717, 1.165) is 12.3 Å². The van der Waals surface area contributed by atoms with Crippen LogP contribution in [0.3, 0.4) is 0 Å². The van der Waals surface area contributed by atoms with Crippen molar-refractivity contribution in [3.8, 4) is 0 Å². The van der Waals surface area contributed by atoms with E-state index in [2.05, 4.69) is 15.3 Å². The van der Waals surface area contributed by atoms with Crippen molar-refractivity contribution in [3.05, 3.63) is 35.8 Å². The predicted molar refractivity (Wildman–Crippen MR) is 66.9 cm³/mol. The zero-order valence-electron chi connectivity index (χ0n) is 10.8. The highest BCUT2D eigenvalue weighted by atomic mass is 19.4. The molecule has 2 rings (SSSR count). The molecule has 2 aromatic heterocycles. The van der Waals surface area contributed by atoms with Crippen LogP contribution in [0.4, 0.5) is 24.5 Å². The third-order valence-corrected chi connectivity index (χ3v) is 2.61. The molecule has 0 aromatic carbocycles. The lowest BCUT2D eigenvalue weighted by atomic mass is 10.2. The summed E-state index contributed by atoms with van der Waals surface area (Å²) < 4.78 is 43.1. The summed E-state index contributed by atoms with van der Waals surface area (Å²) in [7, 11) is 0. The van der Waals surface area contributed by atoms with Crippen LogP contribution in [0, 0.1) is 6.92 Å². The predicted octanol–water partition coefficient (Wildman–Crippen LogP) is 3.15. The Morgan fingerprint density at radius 2 is 2.00 bits per heavy atom. The molecule has 0 spiro atoms. The Labute approximate surface area is 113 Å². The van der Waals surface area contributed by atoms with Gasteiger partial charge in [0.1, 0.15) is 17.5 Å². The molecule has 0 saturated carbocycles. The first-order valence-electron chi connectivity index (χ1n) is 5.79. The SMILES string of the molecule is Cc1cnc(C(C)Nc2cc(C(F)(F)F)ncc2N)o1. The molecule has 3 N–H and O–H groups in total. The monoisotopic (exact) mass is 286 g/mol. The molecule has 0 aliphatic rings. The minimum absolute atomic E-state index is 0.119. The normalized spacial score (nSPS) is 13.2. The Balaban J connectivity index is 2.24. The standard InChI is InChI=1S/C12H13F3N4O/c1-6-4-18-11(20-6)7(2)19-9-3-10(12(13,14)15)17-5-8(9)16/h3-5,7H,16H2,1-2H3,(H,17,19). The molecule has 0 amide bonds. The molecule has 0 fully saturated rings. The number of halogens is 3. The molecule has 1 unspecified atom stereocenters. The smallest absolute Gasteiger partial charge is 0.433 e. The minimum atomic E-state index is -4.52. The largest absolute Gasteiger partial charge is 0.444 e. The topological polar surface area (TPSA) is 77.0 Å². The van der Waals surface area contributed by atoms with Crippen LogP contribution in [-0.4, -0.2) is 9.97 Å². The van der Waals surface area contributed by atoms with Gasteiger partial charge in [-0.25, -0.2) is 9.97 Å². The number of rotatable bonds is 3. The van der Waals surface area contributed by atoms with Gasteiger partial charge in [0.15, 0.2) is 0 Å². The molecule has 8 heteroatoms. The van der Waals surface area contributed by atoms with Crippen LogP contribution >= 0.6 is 0 Å². The summed E-state index contributed by atoms with van der Waals surface area (Å²) in [5.74, 6) is 0.986. The average molecular weight is 286 g/mol. The molecular weight excluding hydrogens is 273 g/mol. The molecule has 2 heterocycles. The van der Waals surface area contributed by atoms with Crippen LogP contribution in [0.15, 0.2) is 22.9 Å². The summed E-state index contributed by atoms with van der Waals surface area (Å²) in [6.45, 7) is 3.43. The molecular formula is C12H13F3N4O. The van der Waals surface area contributed by atoms with Crippen molar-refractivity contribution in [2.45, 2.75) is 26.1 Å². The van der Waals surface area contributed by atoms with Crippen molar-refractivity contribution >= 4 is 11.4 Å². The highest BCUT2D eigenvalue weighted by Gasteiger charge is 2.33. The molecule has 108 valence electrons. The van der Waals surface area contributed by atoms with E-state index in [9.17, 15) is 13.2 Å². The molecule has 0 bridgehead atoms. The first kappa shape index (κ1) is 14.2. The van der Waals surface area contributed by atoms with E-state index in [4.69, 9.17) is 10.2 Å². The molecule has 1 atom stereocenters. The first-order chi connectivity index (χ1) is 9.27. The van der Waals surface area contributed by atoms with Gasteiger partial charge in [0.05, 0.1) is 23.8 Å². The van der Waals surface area contributed by atoms with Crippen LogP contribution in [0.25, 0.3) is 0 Å². The Bertz CT molecular complexity index is 609. The second-order valence-corrected chi connectivity index (χ2v) is 4.33. The number of hydrogen-bond donors (Lipinski definition) is 2. The Kier molecular flexibility index (Phi) is 3.56. The number of nitrogens with one attached hydrogen (secondary N) is 1. The fourth-order valence-electron chi connectivity index (χ4n) is 1.61. The summed E-state index contributed by atoms with van der Waals surface area (Å²) in [5.41, 5.74) is 4.87. The summed E-state index contributed by atoms with van der Waals surface area (Å²) >= 11 is 0. The van der Waals surface area contributed by atoms with Crippen molar-refractivity contribution in [1.29, 1.82) is 0 Å². The van der Waals surface area contributed by atoms with Crippen molar-refractivity contribution < 1.29 is 17.6 Å². The lowest BCUT2D eigenvalue weighted by molar-refractivity contribution is -0.141. The quantitative estimate of drug-likeness (QED) is 0.906. The van der Waals surface area contributed by atoms with Gasteiger partial charge in [0.25, 0.3) is 0 Å². The van der Waals surface area contributed by atoms with Crippen molar-refractivity contribution in [3.63, 3.8) is 0 Å². The average Bonchev–Trinajstić information content (AvgIpc) is 2.77. The highest BCUT2D eigenvalue weighted by Crippen LogP contribution is 2.32. The van der Waals surface area contributed by atoms with Gasteiger partial charge in [-0.05, 0) is 19.9 Å². The summed E-state index contributed by atoms with van der Waals surface area (Å²) in [5, 5.41) is 2.83. The number of oxazole rings is 1. The summed E-state index contributed by atoms with van der Waals surface area (Å²) in [4.78, 5) is 7.27. The minimum Gasteiger partial charge on any atom is -0.444 e. The molecule has 5 nitrogen and oxygen atoms in total. The van der Waals surface area contributed by atoms with Gasteiger partial charge in [0, 0.05) is 0 Å². The van der Waals surface area contributed by atoms with Gasteiger partial charge in [-0.15, -0.1) is 0 Å². The lowest BCUT2D eigenvalue weighted by Crippen LogP contribution is -2.13.